The lowest BCUT2D eigenvalue weighted by molar-refractivity contribution is -0.131. The van der Waals surface area contributed by atoms with Gasteiger partial charge in [-0.05, 0) is 36.2 Å². The van der Waals surface area contributed by atoms with E-state index in [1.54, 1.807) is 35.4 Å². The fourth-order valence-corrected chi connectivity index (χ4v) is 4.57. The number of carbonyl (C=O) groups is 2. The Morgan fingerprint density at radius 1 is 1.17 bits per heavy atom. The van der Waals surface area contributed by atoms with Crippen LogP contribution < -0.4 is 5.32 Å². The van der Waals surface area contributed by atoms with Crippen molar-refractivity contribution in [2.24, 2.45) is 0 Å². The minimum atomic E-state index is -0.246. The molecule has 0 saturated heterocycles. The molecule has 4 rings (SSSR count). The van der Waals surface area contributed by atoms with Gasteiger partial charge in [-0.25, -0.2) is 0 Å². The number of aromatic nitrogens is 1. The number of nitrogens with zero attached hydrogens (tertiary/aromatic N) is 3. The molecule has 0 saturated carbocycles. The fraction of sp³-hybridized carbons (Fsp3) is 0.182. The van der Waals surface area contributed by atoms with Gasteiger partial charge in [0.1, 0.15) is 11.1 Å². The molecule has 0 fully saturated rings. The Labute approximate surface area is 172 Å². The van der Waals surface area contributed by atoms with Crippen molar-refractivity contribution in [2.45, 2.75) is 19.4 Å². The van der Waals surface area contributed by atoms with Crippen LogP contribution in [0.5, 0.6) is 0 Å². The summed E-state index contributed by atoms with van der Waals surface area (Å²) in [5.41, 5.74) is 2.71. The largest absolute Gasteiger partial charge is 0.337 e. The van der Waals surface area contributed by atoms with Crippen LogP contribution in [0, 0.1) is 11.3 Å². The molecule has 3 aromatic rings. The second kappa shape index (κ2) is 8.25. The second-order valence-corrected chi connectivity index (χ2v) is 7.81. The zero-order chi connectivity index (χ0) is 20.2. The van der Waals surface area contributed by atoms with E-state index in [1.165, 1.54) is 11.3 Å². The number of amides is 2. The van der Waals surface area contributed by atoms with Crippen molar-refractivity contribution in [3.8, 4) is 6.07 Å². The number of hydrogen-bond acceptors (Lipinski definition) is 5. The summed E-state index contributed by atoms with van der Waals surface area (Å²) in [6.45, 7) is 0.998. The van der Waals surface area contributed by atoms with E-state index in [9.17, 15) is 14.9 Å². The Kier molecular flexibility index (Phi) is 5.36. The van der Waals surface area contributed by atoms with Gasteiger partial charge in [0.2, 0.25) is 5.91 Å². The van der Waals surface area contributed by atoms with E-state index < -0.39 is 0 Å². The molecule has 1 aromatic carbocycles. The lowest BCUT2D eigenvalue weighted by atomic mass is 10.0. The number of benzene rings is 1. The third-order valence-corrected chi connectivity index (χ3v) is 5.98. The van der Waals surface area contributed by atoms with E-state index in [2.05, 4.69) is 16.4 Å². The summed E-state index contributed by atoms with van der Waals surface area (Å²) in [4.78, 5) is 32.1. The first-order valence-corrected chi connectivity index (χ1v) is 10.1. The highest BCUT2D eigenvalue weighted by atomic mass is 32.1. The minimum absolute atomic E-state index is 0.0103. The number of rotatable bonds is 4. The molecule has 2 aromatic heterocycles. The van der Waals surface area contributed by atoms with Gasteiger partial charge in [-0.15, -0.1) is 11.3 Å². The molecule has 0 radical (unpaired) electrons. The van der Waals surface area contributed by atoms with Gasteiger partial charge in [0.05, 0.1) is 18.5 Å². The van der Waals surface area contributed by atoms with Gasteiger partial charge in [-0.3, -0.25) is 14.6 Å². The molecule has 0 unspecified atom stereocenters. The average molecular weight is 402 g/mol. The third kappa shape index (κ3) is 4.03. The van der Waals surface area contributed by atoms with Crippen LogP contribution in [0.15, 0.2) is 54.7 Å². The normalized spacial score (nSPS) is 12.7. The molecule has 1 N–H and O–H groups in total. The summed E-state index contributed by atoms with van der Waals surface area (Å²) in [7, 11) is 0. The predicted molar refractivity (Wildman–Crippen MR) is 110 cm³/mol. The second-order valence-electron chi connectivity index (χ2n) is 6.70. The van der Waals surface area contributed by atoms with E-state index >= 15 is 0 Å². The van der Waals surface area contributed by atoms with Crippen LogP contribution in [0.1, 0.15) is 32.1 Å². The quantitative estimate of drug-likeness (QED) is 0.725. The van der Waals surface area contributed by atoms with E-state index in [1.807, 2.05) is 24.3 Å². The average Bonchev–Trinajstić information content (AvgIpc) is 3.11. The zero-order valence-electron chi connectivity index (χ0n) is 15.6. The number of nitriles is 1. The van der Waals surface area contributed by atoms with Crippen LogP contribution in [0.25, 0.3) is 0 Å². The number of fused-ring (bicyclic) bond motifs is 1. The van der Waals surface area contributed by atoms with Gasteiger partial charge >= 0.3 is 0 Å². The van der Waals surface area contributed by atoms with Gasteiger partial charge in [0.25, 0.3) is 5.91 Å². The number of pyridine rings is 1. The molecule has 0 spiro atoms. The summed E-state index contributed by atoms with van der Waals surface area (Å²) in [5, 5.41) is 13.0. The SMILES string of the molecule is N#Cc1c(NC(=O)c2ccccc2)sc2c1CCN(C(=O)Cc1ccccn1)C2. The van der Waals surface area contributed by atoms with Crippen molar-refractivity contribution < 1.29 is 9.59 Å². The van der Waals surface area contributed by atoms with Gasteiger partial charge in [0.15, 0.2) is 0 Å². The molecule has 0 aliphatic carbocycles. The first kappa shape index (κ1) is 18.8. The maximum Gasteiger partial charge on any atom is 0.256 e. The van der Waals surface area contributed by atoms with E-state index in [4.69, 9.17) is 0 Å². The molecular formula is C22H18N4O2S. The lowest BCUT2D eigenvalue weighted by Gasteiger charge is -2.27. The van der Waals surface area contributed by atoms with Crippen molar-refractivity contribution in [1.29, 1.82) is 5.26 Å². The molecular weight excluding hydrogens is 384 g/mol. The molecule has 3 heterocycles. The molecule has 1 aliphatic heterocycles. The Bertz CT molecular complexity index is 1090. The van der Waals surface area contributed by atoms with Gasteiger partial charge in [-0.2, -0.15) is 5.26 Å². The maximum absolute atomic E-state index is 12.7. The molecule has 6 nitrogen and oxygen atoms in total. The van der Waals surface area contributed by atoms with E-state index in [0.717, 1.165) is 16.1 Å². The molecule has 144 valence electrons. The summed E-state index contributed by atoms with van der Waals surface area (Å²) in [6.07, 6.45) is 2.53. The van der Waals surface area contributed by atoms with Gasteiger partial charge < -0.3 is 10.2 Å². The summed E-state index contributed by atoms with van der Waals surface area (Å²) >= 11 is 1.37. The van der Waals surface area contributed by atoms with Gasteiger partial charge in [0, 0.05) is 28.9 Å². The Morgan fingerprint density at radius 3 is 2.69 bits per heavy atom. The summed E-state index contributed by atoms with van der Waals surface area (Å²) < 4.78 is 0. The third-order valence-electron chi connectivity index (χ3n) is 4.84. The Hall–Kier alpha value is -3.50. The minimum Gasteiger partial charge on any atom is -0.337 e. The molecule has 0 bridgehead atoms. The van der Waals surface area contributed by atoms with E-state index in [-0.39, 0.29) is 18.2 Å². The predicted octanol–water partition coefficient (Wildman–Crippen LogP) is 3.39. The number of thiophene rings is 1. The van der Waals surface area contributed by atoms with Crippen molar-refractivity contribution >= 4 is 28.2 Å². The number of hydrogen-bond donors (Lipinski definition) is 1. The summed E-state index contributed by atoms with van der Waals surface area (Å²) in [5.74, 6) is -0.236. The van der Waals surface area contributed by atoms with Crippen LogP contribution >= 0.6 is 11.3 Å². The van der Waals surface area contributed by atoms with Crippen molar-refractivity contribution in [1.82, 2.24) is 9.88 Å². The van der Waals surface area contributed by atoms with Crippen molar-refractivity contribution in [3.63, 3.8) is 0 Å². The summed E-state index contributed by atoms with van der Waals surface area (Å²) in [6, 6.07) is 16.6. The molecule has 2 amide bonds. The Balaban J connectivity index is 1.51. The maximum atomic E-state index is 12.7. The molecule has 0 atom stereocenters. The standard InChI is InChI=1S/C22H18N4O2S/c23-13-18-17-9-11-26(20(27)12-16-8-4-5-10-24-16)14-19(17)29-22(18)25-21(28)15-6-2-1-3-7-15/h1-8,10H,9,11-12,14H2,(H,25,28). The highest BCUT2D eigenvalue weighted by Crippen LogP contribution is 2.37. The van der Waals surface area contributed by atoms with Crippen LogP contribution in [-0.2, 0) is 24.2 Å². The monoisotopic (exact) mass is 402 g/mol. The number of anilines is 1. The highest BCUT2D eigenvalue weighted by molar-refractivity contribution is 7.16. The number of nitrogens with one attached hydrogen (secondary N) is 1. The smallest absolute Gasteiger partial charge is 0.256 e. The first-order valence-electron chi connectivity index (χ1n) is 9.24. The van der Waals surface area contributed by atoms with Gasteiger partial charge in [-0.1, -0.05) is 24.3 Å². The molecule has 29 heavy (non-hydrogen) atoms. The van der Waals surface area contributed by atoms with Crippen LogP contribution in [0.2, 0.25) is 0 Å². The van der Waals surface area contributed by atoms with Crippen molar-refractivity contribution in [2.75, 3.05) is 11.9 Å². The van der Waals surface area contributed by atoms with Crippen LogP contribution in [0.3, 0.4) is 0 Å². The zero-order valence-corrected chi connectivity index (χ0v) is 16.4. The highest BCUT2D eigenvalue weighted by Gasteiger charge is 2.27. The van der Waals surface area contributed by atoms with Crippen molar-refractivity contribution in [3.05, 3.63) is 82.0 Å². The number of carbonyl (C=O) groups excluding carboxylic acids is 2. The fourth-order valence-electron chi connectivity index (χ4n) is 3.36. The van der Waals surface area contributed by atoms with E-state index in [0.29, 0.717) is 35.6 Å². The topological polar surface area (TPSA) is 86.1 Å². The van der Waals surface area contributed by atoms with Crippen LogP contribution in [0.4, 0.5) is 5.00 Å². The Morgan fingerprint density at radius 2 is 1.97 bits per heavy atom. The molecule has 1 aliphatic rings. The first-order chi connectivity index (χ1) is 14.2. The molecule has 7 heteroatoms. The lowest BCUT2D eigenvalue weighted by Crippen LogP contribution is -2.36. The van der Waals surface area contributed by atoms with Crippen LogP contribution in [-0.4, -0.2) is 28.2 Å².